The maximum Gasteiger partial charge on any atom is 0.253 e. The summed E-state index contributed by atoms with van der Waals surface area (Å²) in [5.74, 6) is 0.415. The molecule has 2 amide bonds. The molecule has 0 aromatic heterocycles. The van der Waals surface area contributed by atoms with Crippen LogP contribution in [-0.4, -0.2) is 44.7 Å². The minimum Gasteiger partial charge on any atom is -0.497 e. The second kappa shape index (κ2) is 7.81. The van der Waals surface area contributed by atoms with E-state index in [1.165, 1.54) is 0 Å². The van der Waals surface area contributed by atoms with Gasteiger partial charge in [-0.2, -0.15) is 0 Å². The van der Waals surface area contributed by atoms with Crippen molar-refractivity contribution < 1.29 is 19.1 Å². The summed E-state index contributed by atoms with van der Waals surface area (Å²) in [7, 11) is 1.59. The fourth-order valence-electron chi connectivity index (χ4n) is 2.67. The topological polar surface area (TPSA) is 67.9 Å². The third kappa shape index (κ3) is 4.16. The third-order valence-electron chi connectivity index (χ3n) is 4.02. The van der Waals surface area contributed by atoms with E-state index < -0.39 is 0 Å². The number of hydrogen-bond donors (Lipinski definition) is 1. The van der Waals surface area contributed by atoms with Crippen molar-refractivity contribution in [2.75, 3.05) is 31.7 Å². The van der Waals surface area contributed by atoms with Gasteiger partial charge in [-0.15, -0.1) is 0 Å². The summed E-state index contributed by atoms with van der Waals surface area (Å²) < 4.78 is 10.8. The number of methoxy groups -OCH3 is 1. The highest BCUT2D eigenvalue weighted by Gasteiger charge is 2.28. The van der Waals surface area contributed by atoms with Gasteiger partial charge in [-0.1, -0.05) is 24.3 Å². The largest absolute Gasteiger partial charge is 0.497 e. The lowest BCUT2D eigenvalue weighted by Gasteiger charge is -2.33. The zero-order valence-electron chi connectivity index (χ0n) is 14.0. The van der Waals surface area contributed by atoms with Crippen LogP contribution >= 0.6 is 0 Å². The molecule has 6 nitrogen and oxygen atoms in total. The molecule has 2 aromatic rings. The maximum atomic E-state index is 12.2. The SMILES string of the molecule is COc1cccc(N2CC(CNC(=O)c3ccccc3)OCC2=O)c1. The van der Waals surface area contributed by atoms with Crippen LogP contribution in [0.15, 0.2) is 54.6 Å². The normalized spacial score (nSPS) is 17.2. The quantitative estimate of drug-likeness (QED) is 0.902. The predicted octanol–water partition coefficient (Wildman–Crippen LogP) is 1.86. The standard InChI is InChI=1S/C19H20N2O4/c1-24-16-9-5-8-15(10-16)21-12-17(25-13-18(21)22)11-20-19(23)14-6-3-2-4-7-14/h2-10,17H,11-13H2,1H3,(H,20,23). The van der Waals surface area contributed by atoms with Crippen LogP contribution in [-0.2, 0) is 9.53 Å². The second-order valence-corrected chi connectivity index (χ2v) is 5.71. The molecule has 2 aromatic carbocycles. The maximum absolute atomic E-state index is 12.2. The fourth-order valence-corrected chi connectivity index (χ4v) is 2.67. The van der Waals surface area contributed by atoms with Gasteiger partial charge in [-0.05, 0) is 24.3 Å². The van der Waals surface area contributed by atoms with Gasteiger partial charge in [0.2, 0.25) is 0 Å². The molecule has 1 aliphatic rings. The van der Waals surface area contributed by atoms with Crippen molar-refractivity contribution in [1.29, 1.82) is 0 Å². The fraction of sp³-hybridized carbons (Fsp3) is 0.263. The number of anilines is 1. The van der Waals surface area contributed by atoms with Crippen molar-refractivity contribution in [3.8, 4) is 5.75 Å². The van der Waals surface area contributed by atoms with Gasteiger partial charge in [0.1, 0.15) is 12.4 Å². The average Bonchev–Trinajstić information content (AvgIpc) is 2.67. The number of carbonyl (C=O) groups excluding carboxylic acids is 2. The monoisotopic (exact) mass is 340 g/mol. The highest BCUT2D eigenvalue weighted by Crippen LogP contribution is 2.23. The molecule has 0 saturated carbocycles. The number of carbonyl (C=O) groups is 2. The number of nitrogens with one attached hydrogen (secondary N) is 1. The zero-order valence-corrected chi connectivity index (χ0v) is 14.0. The van der Waals surface area contributed by atoms with E-state index in [2.05, 4.69) is 5.32 Å². The molecule has 0 bridgehead atoms. The van der Waals surface area contributed by atoms with Crippen LogP contribution in [0.3, 0.4) is 0 Å². The van der Waals surface area contributed by atoms with E-state index in [1.54, 1.807) is 24.1 Å². The smallest absolute Gasteiger partial charge is 0.253 e. The van der Waals surface area contributed by atoms with Crippen LogP contribution in [0.2, 0.25) is 0 Å². The van der Waals surface area contributed by atoms with Gasteiger partial charge < -0.3 is 19.7 Å². The average molecular weight is 340 g/mol. The Morgan fingerprint density at radius 2 is 2.04 bits per heavy atom. The summed E-state index contributed by atoms with van der Waals surface area (Å²) in [5.41, 5.74) is 1.35. The van der Waals surface area contributed by atoms with Gasteiger partial charge in [0, 0.05) is 23.9 Å². The lowest BCUT2D eigenvalue weighted by Crippen LogP contribution is -2.50. The molecule has 0 radical (unpaired) electrons. The van der Waals surface area contributed by atoms with Gasteiger partial charge in [-0.25, -0.2) is 0 Å². The highest BCUT2D eigenvalue weighted by atomic mass is 16.5. The Hall–Kier alpha value is -2.86. The Balaban J connectivity index is 1.62. The van der Waals surface area contributed by atoms with Crippen LogP contribution in [0.4, 0.5) is 5.69 Å². The summed E-state index contributed by atoms with van der Waals surface area (Å²) in [4.78, 5) is 26.0. The molecule has 1 fully saturated rings. The lowest BCUT2D eigenvalue weighted by molar-refractivity contribution is -0.129. The molecule has 0 aliphatic carbocycles. The van der Waals surface area contributed by atoms with Crippen LogP contribution in [0.25, 0.3) is 0 Å². The number of hydrogen-bond acceptors (Lipinski definition) is 4. The number of amides is 2. The first-order valence-electron chi connectivity index (χ1n) is 8.06. The Bertz CT molecular complexity index is 748. The van der Waals surface area contributed by atoms with Crippen LogP contribution in [0.1, 0.15) is 10.4 Å². The first-order chi connectivity index (χ1) is 12.2. The van der Waals surface area contributed by atoms with Crippen molar-refractivity contribution in [2.45, 2.75) is 6.10 Å². The Morgan fingerprint density at radius 1 is 1.24 bits per heavy atom. The van der Waals surface area contributed by atoms with Gasteiger partial charge in [-0.3, -0.25) is 9.59 Å². The Kier molecular flexibility index (Phi) is 5.30. The Labute approximate surface area is 146 Å². The third-order valence-corrected chi connectivity index (χ3v) is 4.02. The van der Waals surface area contributed by atoms with E-state index in [-0.39, 0.29) is 24.5 Å². The number of nitrogens with zero attached hydrogens (tertiary/aromatic N) is 1. The first-order valence-corrected chi connectivity index (χ1v) is 8.06. The van der Waals surface area contributed by atoms with E-state index >= 15 is 0 Å². The second-order valence-electron chi connectivity index (χ2n) is 5.71. The van der Waals surface area contributed by atoms with E-state index in [9.17, 15) is 9.59 Å². The van der Waals surface area contributed by atoms with E-state index in [0.29, 0.717) is 24.4 Å². The zero-order chi connectivity index (χ0) is 17.6. The predicted molar refractivity (Wildman–Crippen MR) is 93.9 cm³/mol. The summed E-state index contributed by atoms with van der Waals surface area (Å²) in [6.45, 7) is 0.700. The molecule has 6 heteroatoms. The molecular weight excluding hydrogens is 320 g/mol. The number of ether oxygens (including phenoxy) is 2. The minimum atomic E-state index is -0.267. The van der Waals surface area contributed by atoms with Crippen molar-refractivity contribution in [3.05, 3.63) is 60.2 Å². The molecular formula is C19H20N2O4. The van der Waals surface area contributed by atoms with Crippen molar-refractivity contribution >= 4 is 17.5 Å². The van der Waals surface area contributed by atoms with Crippen LogP contribution < -0.4 is 15.0 Å². The molecule has 1 saturated heterocycles. The van der Waals surface area contributed by atoms with Gasteiger partial charge in [0.05, 0.1) is 19.8 Å². The molecule has 130 valence electrons. The minimum absolute atomic E-state index is 0.0108. The number of morpholine rings is 1. The summed E-state index contributed by atoms with van der Waals surface area (Å²) in [6, 6.07) is 16.3. The lowest BCUT2D eigenvalue weighted by atomic mass is 10.2. The van der Waals surface area contributed by atoms with E-state index in [1.807, 2.05) is 42.5 Å². The van der Waals surface area contributed by atoms with E-state index in [0.717, 1.165) is 5.69 Å². The van der Waals surface area contributed by atoms with Gasteiger partial charge in [0.25, 0.3) is 11.8 Å². The number of benzene rings is 2. The molecule has 0 spiro atoms. The summed E-state index contributed by atoms with van der Waals surface area (Å²) in [5, 5.41) is 2.85. The van der Waals surface area contributed by atoms with E-state index in [4.69, 9.17) is 9.47 Å². The molecule has 3 rings (SSSR count). The summed E-state index contributed by atoms with van der Waals surface area (Å²) >= 11 is 0. The molecule has 1 atom stereocenters. The highest BCUT2D eigenvalue weighted by molar-refractivity contribution is 5.95. The summed E-state index contributed by atoms with van der Waals surface area (Å²) in [6.07, 6.45) is -0.267. The van der Waals surface area contributed by atoms with Crippen LogP contribution in [0.5, 0.6) is 5.75 Å². The first kappa shape index (κ1) is 17.0. The van der Waals surface area contributed by atoms with Gasteiger partial charge >= 0.3 is 0 Å². The van der Waals surface area contributed by atoms with Crippen molar-refractivity contribution in [1.82, 2.24) is 5.32 Å². The Morgan fingerprint density at radius 3 is 2.80 bits per heavy atom. The molecule has 1 N–H and O–H groups in total. The molecule has 1 aliphatic heterocycles. The van der Waals surface area contributed by atoms with Crippen molar-refractivity contribution in [3.63, 3.8) is 0 Å². The molecule has 1 heterocycles. The van der Waals surface area contributed by atoms with Crippen LogP contribution in [0, 0.1) is 0 Å². The molecule has 25 heavy (non-hydrogen) atoms. The van der Waals surface area contributed by atoms with Gasteiger partial charge in [0.15, 0.2) is 0 Å². The van der Waals surface area contributed by atoms with Crippen molar-refractivity contribution in [2.24, 2.45) is 0 Å². The molecule has 1 unspecified atom stereocenters. The number of rotatable bonds is 5.